The van der Waals surface area contributed by atoms with Crippen LogP contribution in [-0.4, -0.2) is 12.1 Å². The number of carbonyl (C=O) groups excluding carboxylic acids is 1. The lowest BCUT2D eigenvalue weighted by molar-refractivity contribution is 0.0955. The second-order valence-corrected chi connectivity index (χ2v) is 5.21. The lowest BCUT2D eigenvalue weighted by atomic mass is 10.1. The molecule has 1 amide bonds. The summed E-state index contributed by atoms with van der Waals surface area (Å²) in [5.41, 5.74) is 3.99. The quantitative estimate of drug-likeness (QED) is 0.570. The molecule has 0 unspecified atom stereocenters. The van der Waals surface area contributed by atoms with Crippen LogP contribution in [0.25, 0.3) is 10.8 Å². The first-order valence-electron chi connectivity index (χ1n) is 6.81. The molecule has 0 fully saturated rings. The number of amides is 1. The molecule has 4 heteroatoms. The Morgan fingerprint density at radius 1 is 0.955 bits per heavy atom. The Bertz CT molecular complexity index is 836. The van der Waals surface area contributed by atoms with Crippen LogP contribution in [0.5, 0.6) is 0 Å². The Labute approximate surface area is 133 Å². The third-order valence-electron chi connectivity index (χ3n) is 3.30. The molecule has 3 aromatic rings. The summed E-state index contributed by atoms with van der Waals surface area (Å²) in [4.78, 5) is 11.9. The number of hydrogen-bond donors (Lipinski definition) is 1. The van der Waals surface area contributed by atoms with Crippen molar-refractivity contribution in [3.8, 4) is 0 Å². The molecule has 3 nitrogen and oxygen atoms in total. The van der Waals surface area contributed by atoms with Crippen LogP contribution in [0, 0.1) is 0 Å². The summed E-state index contributed by atoms with van der Waals surface area (Å²) in [7, 11) is 0. The molecular weight excluding hydrogens is 296 g/mol. The molecule has 0 aromatic heterocycles. The molecular formula is C18H13ClN2O. The van der Waals surface area contributed by atoms with E-state index in [1.165, 1.54) is 0 Å². The van der Waals surface area contributed by atoms with Gasteiger partial charge in [-0.2, -0.15) is 5.10 Å². The number of carbonyl (C=O) groups is 1. The molecule has 0 saturated heterocycles. The van der Waals surface area contributed by atoms with Crippen LogP contribution in [0.2, 0.25) is 5.02 Å². The molecule has 0 aliphatic carbocycles. The van der Waals surface area contributed by atoms with Gasteiger partial charge in [-0.25, -0.2) is 5.43 Å². The van der Waals surface area contributed by atoms with E-state index in [9.17, 15) is 4.79 Å². The highest BCUT2D eigenvalue weighted by Crippen LogP contribution is 2.16. The summed E-state index contributed by atoms with van der Waals surface area (Å²) in [6.45, 7) is 0. The predicted molar refractivity (Wildman–Crippen MR) is 90.5 cm³/mol. The highest BCUT2D eigenvalue weighted by Gasteiger charge is 2.03. The summed E-state index contributed by atoms with van der Waals surface area (Å²) in [6.07, 6.45) is 1.65. The molecule has 108 valence electrons. The number of nitrogens with zero attached hydrogens (tertiary/aromatic N) is 1. The third kappa shape index (κ3) is 3.15. The normalized spacial score (nSPS) is 11.0. The molecule has 22 heavy (non-hydrogen) atoms. The SMILES string of the molecule is O=C(N/N=C/c1cccc2ccccc12)c1ccc(Cl)cc1. The lowest BCUT2D eigenvalue weighted by Gasteiger charge is -2.02. The van der Waals surface area contributed by atoms with E-state index in [1.807, 2.05) is 42.5 Å². The van der Waals surface area contributed by atoms with Gasteiger partial charge >= 0.3 is 0 Å². The van der Waals surface area contributed by atoms with Crippen LogP contribution in [0.4, 0.5) is 0 Å². The number of fused-ring (bicyclic) bond motifs is 1. The van der Waals surface area contributed by atoms with E-state index in [0.717, 1.165) is 16.3 Å². The molecule has 0 atom stereocenters. The first-order chi connectivity index (χ1) is 10.7. The van der Waals surface area contributed by atoms with Crippen LogP contribution in [-0.2, 0) is 0 Å². The van der Waals surface area contributed by atoms with Crippen LogP contribution in [0.1, 0.15) is 15.9 Å². The minimum Gasteiger partial charge on any atom is -0.267 e. The van der Waals surface area contributed by atoms with Crippen molar-refractivity contribution in [3.05, 3.63) is 82.9 Å². The fourth-order valence-corrected chi connectivity index (χ4v) is 2.32. The van der Waals surface area contributed by atoms with Gasteiger partial charge in [-0.05, 0) is 35.0 Å². The van der Waals surface area contributed by atoms with E-state index in [1.54, 1.807) is 30.5 Å². The summed E-state index contributed by atoms with van der Waals surface area (Å²) >= 11 is 5.79. The molecule has 0 radical (unpaired) electrons. The largest absolute Gasteiger partial charge is 0.271 e. The molecule has 0 spiro atoms. The summed E-state index contributed by atoms with van der Waals surface area (Å²) in [6, 6.07) is 20.7. The van der Waals surface area contributed by atoms with Crippen LogP contribution >= 0.6 is 11.6 Å². The first kappa shape index (κ1) is 14.3. The number of rotatable bonds is 3. The Hall–Kier alpha value is -2.65. The van der Waals surface area contributed by atoms with Gasteiger partial charge in [0.1, 0.15) is 0 Å². The predicted octanol–water partition coefficient (Wildman–Crippen LogP) is 4.26. The smallest absolute Gasteiger partial charge is 0.267 e. The van der Waals surface area contributed by atoms with Gasteiger partial charge < -0.3 is 0 Å². The zero-order chi connectivity index (χ0) is 15.4. The van der Waals surface area contributed by atoms with Gasteiger partial charge in [-0.15, -0.1) is 0 Å². The van der Waals surface area contributed by atoms with E-state index in [-0.39, 0.29) is 5.91 Å². The fourth-order valence-electron chi connectivity index (χ4n) is 2.19. The topological polar surface area (TPSA) is 41.5 Å². The maximum absolute atomic E-state index is 11.9. The molecule has 3 aromatic carbocycles. The summed E-state index contributed by atoms with van der Waals surface area (Å²) in [5.74, 6) is -0.270. The van der Waals surface area contributed by atoms with Crippen molar-refractivity contribution in [2.75, 3.05) is 0 Å². The van der Waals surface area contributed by atoms with Gasteiger partial charge in [-0.1, -0.05) is 54.1 Å². The monoisotopic (exact) mass is 308 g/mol. The maximum Gasteiger partial charge on any atom is 0.271 e. The molecule has 0 bridgehead atoms. The number of nitrogens with one attached hydrogen (secondary N) is 1. The van der Waals surface area contributed by atoms with E-state index in [0.29, 0.717) is 10.6 Å². The fraction of sp³-hybridized carbons (Fsp3) is 0. The van der Waals surface area contributed by atoms with Crippen molar-refractivity contribution in [3.63, 3.8) is 0 Å². The Morgan fingerprint density at radius 2 is 1.68 bits per heavy atom. The minimum atomic E-state index is -0.270. The van der Waals surface area contributed by atoms with E-state index >= 15 is 0 Å². The van der Waals surface area contributed by atoms with Crippen molar-refractivity contribution in [2.45, 2.75) is 0 Å². The molecule has 1 N–H and O–H groups in total. The van der Waals surface area contributed by atoms with E-state index < -0.39 is 0 Å². The van der Waals surface area contributed by atoms with E-state index in [4.69, 9.17) is 11.6 Å². The molecule has 3 rings (SSSR count). The second-order valence-electron chi connectivity index (χ2n) is 4.77. The van der Waals surface area contributed by atoms with Crippen molar-refractivity contribution in [1.82, 2.24) is 5.43 Å². The van der Waals surface area contributed by atoms with Crippen molar-refractivity contribution >= 4 is 34.5 Å². The van der Waals surface area contributed by atoms with Crippen molar-refractivity contribution in [1.29, 1.82) is 0 Å². The summed E-state index contributed by atoms with van der Waals surface area (Å²) < 4.78 is 0. The molecule has 0 saturated carbocycles. The van der Waals surface area contributed by atoms with Crippen molar-refractivity contribution in [2.24, 2.45) is 5.10 Å². The highest BCUT2D eigenvalue weighted by molar-refractivity contribution is 6.30. The van der Waals surface area contributed by atoms with Crippen LogP contribution in [0.3, 0.4) is 0 Å². The number of halogens is 1. The lowest BCUT2D eigenvalue weighted by Crippen LogP contribution is -2.17. The third-order valence-corrected chi connectivity index (χ3v) is 3.55. The maximum atomic E-state index is 11.9. The number of benzene rings is 3. The van der Waals surface area contributed by atoms with Gasteiger partial charge in [0.15, 0.2) is 0 Å². The second kappa shape index (κ2) is 6.41. The summed E-state index contributed by atoms with van der Waals surface area (Å²) in [5, 5.41) is 6.85. The van der Waals surface area contributed by atoms with Crippen LogP contribution in [0.15, 0.2) is 71.8 Å². The minimum absolute atomic E-state index is 0.270. The highest BCUT2D eigenvalue weighted by atomic mass is 35.5. The zero-order valence-corrected chi connectivity index (χ0v) is 12.4. The van der Waals surface area contributed by atoms with Gasteiger partial charge in [0.25, 0.3) is 5.91 Å². The Kier molecular flexibility index (Phi) is 4.17. The molecule has 0 aliphatic heterocycles. The van der Waals surface area contributed by atoms with Gasteiger partial charge in [0, 0.05) is 16.1 Å². The van der Waals surface area contributed by atoms with Crippen molar-refractivity contribution < 1.29 is 4.79 Å². The Morgan fingerprint density at radius 3 is 2.50 bits per heavy atom. The zero-order valence-electron chi connectivity index (χ0n) is 11.7. The number of hydrazone groups is 1. The van der Waals surface area contributed by atoms with Gasteiger partial charge in [0.05, 0.1) is 6.21 Å². The van der Waals surface area contributed by atoms with Gasteiger partial charge in [-0.3, -0.25) is 4.79 Å². The Balaban J connectivity index is 1.76. The standard InChI is InChI=1S/C18H13ClN2O/c19-16-10-8-14(9-11-16)18(22)21-20-12-15-6-3-5-13-4-1-2-7-17(13)15/h1-12H,(H,21,22)/b20-12+. The molecule has 0 aliphatic rings. The first-order valence-corrected chi connectivity index (χ1v) is 7.18. The molecule has 0 heterocycles. The average molecular weight is 309 g/mol. The van der Waals surface area contributed by atoms with Gasteiger partial charge in [0.2, 0.25) is 0 Å². The number of hydrogen-bond acceptors (Lipinski definition) is 2. The average Bonchev–Trinajstić information content (AvgIpc) is 2.55. The van der Waals surface area contributed by atoms with Crippen LogP contribution < -0.4 is 5.43 Å². The van der Waals surface area contributed by atoms with E-state index in [2.05, 4.69) is 10.5 Å².